The molecule has 0 aromatic carbocycles. The fourth-order valence-corrected chi connectivity index (χ4v) is 7.29. The third-order valence-electron chi connectivity index (χ3n) is 10.7. The molecule has 0 bridgehead atoms. The summed E-state index contributed by atoms with van der Waals surface area (Å²) in [5, 5.41) is 29.1. The minimum atomic E-state index is -0.718. The number of carbonyl (C=O) groups excluding carboxylic acids is 2. The van der Waals surface area contributed by atoms with Crippen LogP contribution in [0.25, 0.3) is 11.6 Å². The average molecular weight is 815 g/mol. The molecular weight excluding hydrogens is 771 g/mol. The summed E-state index contributed by atoms with van der Waals surface area (Å²) < 4.78 is 37.8. The van der Waals surface area contributed by atoms with Gasteiger partial charge >= 0.3 is 6.09 Å². The van der Waals surface area contributed by atoms with Crippen LogP contribution >= 0.6 is 0 Å². The van der Waals surface area contributed by atoms with Gasteiger partial charge in [0.15, 0.2) is 17.5 Å². The second kappa shape index (κ2) is 17.0. The first kappa shape index (κ1) is 41.1. The molecule has 0 aliphatic heterocycles. The van der Waals surface area contributed by atoms with Gasteiger partial charge in [-0.25, -0.2) is 13.6 Å². The summed E-state index contributed by atoms with van der Waals surface area (Å²) in [5.74, 6) is 0.821. The molecule has 0 saturated heterocycles. The van der Waals surface area contributed by atoms with Gasteiger partial charge in [-0.15, -0.1) is 20.4 Å². The number of carbonyl (C=O) groups is 2. The lowest BCUT2D eigenvalue weighted by Gasteiger charge is -2.44. The van der Waals surface area contributed by atoms with Crippen molar-refractivity contribution < 1.29 is 23.1 Å². The predicted octanol–water partition coefficient (Wildman–Crippen LogP) is 6.97. The van der Waals surface area contributed by atoms with Gasteiger partial charge in [-0.2, -0.15) is 5.26 Å². The van der Waals surface area contributed by atoms with Crippen molar-refractivity contribution in [2.45, 2.75) is 75.7 Å². The molecule has 2 amide bonds. The summed E-state index contributed by atoms with van der Waals surface area (Å²) >= 11 is 0. The van der Waals surface area contributed by atoms with Gasteiger partial charge in [-0.1, -0.05) is 12.8 Å². The smallest absolute Gasteiger partial charge is 0.416 e. The van der Waals surface area contributed by atoms with Crippen LogP contribution in [0.3, 0.4) is 0 Å². The molecule has 2 aliphatic rings. The van der Waals surface area contributed by atoms with Crippen LogP contribution in [0.15, 0.2) is 97.8 Å². The van der Waals surface area contributed by atoms with E-state index in [9.17, 15) is 18.4 Å². The summed E-state index contributed by atoms with van der Waals surface area (Å²) in [6.45, 7) is 6.08. The number of halogens is 2. The maximum Gasteiger partial charge on any atom is 0.416 e. The van der Waals surface area contributed by atoms with Crippen LogP contribution in [0.1, 0.15) is 86.6 Å². The topological polar surface area (TPSA) is 196 Å². The average Bonchev–Trinajstić information content (AvgIpc) is 3.90. The zero-order chi connectivity index (χ0) is 42.5. The molecule has 3 N–H and O–H groups in total. The number of hydrogen-bond donors (Lipinski definition) is 2. The number of nitrogens with zero attached hydrogens (tertiary/aromatic N) is 10. The third-order valence-corrected chi connectivity index (χ3v) is 10.7. The Balaban J connectivity index is 0.000000185. The van der Waals surface area contributed by atoms with Crippen molar-refractivity contribution in [3.8, 4) is 17.7 Å². The van der Waals surface area contributed by atoms with Crippen molar-refractivity contribution in [1.82, 2.24) is 39.5 Å². The maximum atomic E-state index is 14.7. The van der Waals surface area contributed by atoms with E-state index in [1.54, 1.807) is 116 Å². The summed E-state index contributed by atoms with van der Waals surface area (Å²) in [4.78, 5) is 34.3. The van der Waals surface area contributed by atoms with Gasteiger partial charge < -0.3 is 24.9 Å². The van der Waals surface area contributed by atoms with Crippen molar-refractivity contribution in [3.05, 3.63) is 132 Å². The van der Waals surface area contributed by atoms with Crippen molar-refractivity contribution in [2.24, 2.45) is 5.73 Å². The fraction of sp³-hybridized carbons (Fsp3) is 0.326. The summed E-state index contributed by atoms with van der Waals surface area (Å²) in [6, 6.07) is 18.3. The lowest BCUT2D eigenvalue weighted by molar-refractivity contribution is 0.0557. The van der Waals surface area contributed by atoms with E-state index in [0.717, 1.165) is 25.7 Å². The molecular formula is C43H44F2N12O3. The van der Waals surface area contributed by atoms with Crippen LogP contribution in [0.5, 0.6) is 0 Å². The molecule has 60 heavy (non-hydrogen) atoms. The lowest BCUT2D eigenvalue weighted by atomic mass is 9.66. The van der Waals surface area contributed by atoms with Gasteiger partial charge in [-0.05, 0) is 107 Å². The van der Waals surface area contributed by atoms with Gasteiger partial charge in [0.1, 0.15) is 29.1 Å². The van der Waals surface area contributed by atoms with E-state index in [1.165, 1.54) is 17.0 Å². The van der Waals surface area contributed by atoms with E-state index < -0.39 is 23.0 Å². The number of rotatable bonds is 11. The number of primary amides is 1. The van der Waals surface area contributed by atoms with Crippen molar-refractivity contribution in [3.63, 3.8) is 0 Å². The zero-order valence-corrected chi connectivity index (χ0v) is 33.4. The van der Waals surface area contributed by atoms with E-state index in [0.29, 0.717) is 65.2 Å². The Kier molecular flexibility index (Phi) is 11.7. The van der Waals surface area contributed by atoms with E-state index in [1.807, 2.05) is 0 Å². The molecule has 0 unspecified atom stereocenters. The van der Waals surface area contributed by atoms with Gasteiger partial charge in [0.25, 0.3) is 0 Å². The Labute approximate surface area is 345 Å². The number of nitriles is 1. The first-order valence-electron chi connectivity index (χ1n) is 19.5. The number of aromatic nitrogens is 8. The molecule has 6 heterocycles. The van der Waals surface area contributed by atoms with Crippen LogP contribution in [0.2, 0.25) is 0 Å². The van der Waals surface area contributed by atoms with Gasteiger partial charge in [0, 0.05) is 61.1 Å². The van der Waals surface area contributed by atoms with Crippen LogP contribution in [-0.2, 0) is 15.6 Å². The number of anilines is 2. The molecule has 2 fully saturated rings. The highest BCUT2D eigenvalue weighted by Crippen LogP contribution is 2.45. The second-order valence-corrected chi connectivity index (χ2v) is 16.0. The highest BCUT2D eigenvalue weighted by Gasteiger charge is 2.45. The van der Waals surface area contributed by atoms with Crippen LogP contribution in [0, 0.1) is 23.0 Å². The second-order valence-electron chi connectivity index (χ2n) is 16.0. The quantitative estimate of drug-likeness (QED) is 0.137. The molecule has 0 atom stereocenters. The number of amides is 2. The molecule has 15 nitrogen and oxygen atoms in total. The van der Waals surface area contributed by atoms with Crippen LogP contribution < -0.4 is 16.0 Å². The number of hydrogen-bond acceptors (Lipinski definition) is 11. The minimum Gasteiger partial charge on any atom is -0.443 e. The summed E-state index contributed by atoms with van der Waals surface area (Å²) in [5.41, 5.74) is 5.39. The third kappa shape index (κ3) is 8.97. The summed E-state index contributed by atoms with van der Waals surface area (Å²) in [6.07, 6.45) is 14.4. The Bertz CT molecular complexity index is 2500. The molecule has 2 saturated carbocycles. The molecule has 0 spiro atoms. The molecule has 17 heteroatoms. The Morgan fingerprint density at radius 1 is 0.833 bits per heavy atom. The van der Waals surface area contributed by atoms with Crippen molar-refractivity contribution in [2.75, 3.05) is 23.3 Å². The molecule has 8 rings (SSSR count). The molecule has 0 radical (unpaired) electrons. The van der Waals surface area contributed by atoms with Crippen LogP contribution in [-0.4, -0.2) is 70.2 Å². The van der Waals surface area contributed by atoms with Gasteiger partial charge in [0.05, 0.1) is 22.5 Å². The first-order valence-corrected chi connectivity index (χ1v) is 19.5. The lowest BCUT2D eigenvalue weighted by Crippen LogP contribution is -2.50. The van der Waals surface area contributed by atoms with E-state index in [2.05, 4.69) is 41.7 Å². The van der Waals surface area contributed by atoms with E-state index in [-0.39, 0.29) is 23.6 Å². The maximum absolute atomic E-state index is 14.7. The minimum absolute atomic E-state index is 0.173. The number of nitrogens with one attached hydrogen (secondary N) is 1. The van der Waals surface area contributed by atoms with Crippen molar-refractivity contribution in [1.29, 1.82) is 5.26 Å². The predicted molar refractivity (Wildman–Crippen MR) is 217 cm³/mol. The molecule has 6 aromatic rings. The Morgan fingerprint density at radius 2 is 1.43 bits per heavy atom. The highest BCUT2D eigenvalue weighted by molar-refractivity contribution is 5.92. The first-order chi connectivity index (χ1) is 28.8. The number of pyridine rings is 2. The monoisotopic (exact) mass is 814 g/mol. The van der Waals surface area contributed by atoms with Gasteiger partial charge in [0.2, 0.25) is 5.91 Å². The van der Waals surface area contributed by atoms with Crippen LogP contribution in [0.4, 0.5) is 25.2 Å². The Hall–Kier alpha value is -7.09. The standard InChI is InChI=1S/C24H25FN6O2.C19H19FN6O/c1-23(2,3)33-22(32)31(16-24(10-5-11-24)21-18(25)6-4-12-27-21)20-8-7-19(28-29-20)30-13-9-17(14-26)15-30;20-14-3-1-9-22-17(14)19(7-2-8-19)12-23-15-4-5-16(25-24-15)26-10-6-13(11-26)18(21)27/h4,6-9,12-13,15H,5,10-11,16H2,1-3H3;1,3-6,9-11H,2,7-8,12H2,(H2,21,27)(H,23,24). The van der Waals surface area contributed by atoms with E-state index >= 15 is 0 Å². The Morgan fingerprint density at radius 3 is 1.92 bits per heavy atom. The SMILES string of the molecule is CC(C)(C)OC(=O)N(CC1(c2ncccc2F)CCC1)c1ccc(-n2ccc(C#N)c2)nn1.NC(=O)c1ccn(-c2ccc(NCC3(c4ncccc4F)CCC3)nn2)c1. The number of nitrogens with two attached hydrogens (primary N) is 1. The van der Waals surface area contributed by atoms with E-state index in [4.69, 9.17) is 15.7 Å². The molecule has 308 valence electrons. The fourth-order valence-electron chi connectivity index (χ4n) is 7.29. The largest absolute Gasteiger partial charge is 0.443 e. The number of ether oxygens (including phenoxy) is 1. The molecule has 6 aromatic heterocycles. The van der Waals surface area contributed by atoms with Gasteiger partial charge in [-0.3, -0.25) is 19.7 Å². The highest BCUT2D eigenvalue weighted by atomic mass is 19.1. The summed E-state index contributed by atoms with van der Waals surface area (Å²) in [7, 11) is 0. The normalized spacial score (nSPS) is 14.9. The molecule has 2 aliphatic carbocycles. The zero-order valence-electron chi connectivity index (χ0n) is 33.4. The van der Waals surface area contributed by atoms with Crippen molar-refractivity contribution >= 4 is 23.6 Å².